The Bertz CT molecular complexity index is 1360. The highest BCUT2D eigenvalue weighted by Crippen LogP contribution is 2.29. The van der Waals surface area contributed by atoms with Gasteiger partial charge in [0, 0.05) is 30.7 Å². The van der Waals surface area contributed by atoms with Gasteiger partial charge in [-0.15, -0.1) is 0 Å². The van der Waals surface area contributed by atoms with Crippen LogP contribution in [0.5, 0.6) is 5.75 Å². The third-order valence-electron chi connectivity index (χ3n) is 6.04. The number of rotatable bonds is 4. The first kappa shape index (κ1) is 21.9. The molecule has 0 spiro atoms. The highest BCUT2D eigenvalue weighted by Gasteiger charge is 2.31. The van der Waals surface area contributed by atoms with Gasteiger partial charge in [-0.1, -0.05) is 36.4 Å². The normalized spacial score (nSPS) is 15.8. The van der Waals surface area contributed by atoms with Crippen LogP contribution in [0.3, 0.4) is 0 Å². The zero-order valence-corrected chi connectivity index (χ0v) is 19.2. The number of hydrogen-bond donors (Lipinski definition) is 3. The van der Waals surface area contributed by atoms with Gasteiger partial charge in [-0.3, -0.25) is 9.89 Å². The second-order valence-corrected chi connectivity index (χ2v) is 9.22. The van der Waals surface area contributed by atoms with E-state index in [0.717, 1.165) is 17.7 Å². The zero-order valence-electron chi connectivity index (χ0n) is 19.2. The number of aromatic nitrogens is 3. The fraction of sp³-hybridized carbons (Fsp3) is 0.222. The van der Waals surface area contributed by atoms with Gasteiger partial charge in [0.1, 0.15) is 5.75 Å². The van der Waals surface area contributed by atoms with Crippen molar-refractivity contribution >= 4 is 29.1 Å². The van der Waals surface area contributed by atoms with Crippen molar-refractivity contribution in [3.05, 3.63) is 77.5 Å². The average Bonchev–Trinajstić information content (AvgIpc) is 3.25. The van der Waals surface area contributed by atoms with Crippen molar-refractivity contribution < 1.29 is 9.90 Å². The highest BCUT2D eigenvalue weighted by molar-refractivity contribution is 6.09. The van der Waals surface area contributed by atoms with Crippen molar-refractivity contribution in [1.29, 1.82) is 0 Å². The van der Waals surface area contributed by atoms with Crippen LogP contribution in [0.2, 0.25) is 0 Å². The number of pyridine rings is 1. The molecule has 4 aromatic rings. The summed E-state index contributed by atoms with van der Waals surface area (Å²) in [6.07, 6.45) is 3.89. The molecular formula is C27H27N5O2. The van der Waals surface area contributed by atoms with Crippen molar-refractivity contribution in [3.63, 3.8) is 0 Å². The molecule has 2 aromatic heterocycles. The Balaban J connectivity index is 1.62. The standard InChI is InChI=1S/C27H27N5O2/c1-27(2)17-32(15-14-28-27)26(34)21-16-23(19-9-11-20(33)12-10-19)29-25-24(21)22(30-31-25)13-8-18-6-4-3-5-7-18/h3-13,16,28,33H,14-15,17H2,1-2H3,(H,29,30,31). The van der Waals surface area contributed by atoms with Crippen molar-refractivity contribution in [2.75, 3.05) is 19.6 Å². The third-order valence-corrected chi connectivity index (χ3v) is 6.04. The summed E-state index contributed by atoms with van der Waals surface area (Å²) in [5.74, 6) is 0.136. The number of hydrogen-bond acceptors (Lipinski definition) is 5. The summed E-state index contributed by atoms with van der Waals surface area (Å²) in [7, 11) is 0. The van der Waals surface area contributed by atoms with E-state index >= 15 is 0 Å². The maximum absolute atomic E-state index is 13.8. The molecule has 3 heterocycles. The zero-order chi connectivity index (χ0) is 23.7. The van der Waals surface area contributed by atoms with Crippen molar-refractivity contribution in [1.82, 2.24) is 25.4 Å². The molecule has 1 amide bonds. The summed E-state index contributed by atoms with van der Waals surface area (Å²) < 4.78 is 0. The van der Waals surface area contributed by atoms with Gasteiger partial charge in [-0.2, -0.15) is 5.10 Å². The smallest absolute Gasteiger partial charge is 0.254 e. The first-order chi connectivity index (χ1) is 16.4. The molecule has 172 valence electrons. The van der Waals surface area contributed by atoms with Crippen LogP contribution in [0, 0.1) is 0 Å². The molecule has 0 unspecified atom stereocenters. The molecule has 1 aliphatic rings. The maximum Gasteiger partial charge on any atom is 0.254 e. The maximum atomic E-state index is 13.8. The van der Waals surface area contributed by atoms with Crippen LogP contribution >= 0.6 is 0 Å². The van der Waals surface area contributed by atoms with E-state index in [9.17, 15) is 9.90 Å². The lowest BCUT2D eigenvalue weighted by Gasteiger charge is -2.39. The number of aromatic hydroxyl groups is 1. The molecule has 1 aliphatic heterocycles. The molecule has 1 saturated heterocycles. The minimum atomic E-state index is -0.160. The topological polar surface area (TPSA) is 94.1 Å². The van der Waals surface area contributed by atoms with Crippen LogP contribution in [0.15, 0.2) is 60.7 Å². The largest absolute Gasteiger partial charge is 0.508 e. The number of phenols is 1. The van der Waals surface area contributed by atoms with Crippen LogP contribution in [-0.4, -0.2) is 56.3 Å². The minimum absolute atomic E-state index is 0.0437. The van der Waals surface area contributed by atoms with Gasteiger partial charge in [0.25, 0.3) is 5.91 Å². The fourth-order valence-electron chi connectivity index (χ4n) is 4.35. The summed E-state index contributed by atoms with van der Waals surface area (Å²) in [5, 5.41) is 21.3. The molecule has 0 bridgehead atoms. The number of carbonyl (C=O) groups is 1. The number of amides is 1. The number of benzene rings is 2. The van der Waals surface area contributed by atoms with Gasteiger partial charge in [0.05, 0.1) is 22.3 Å². The van der Waals surface area contributed by atoms with Gasteiger partial charge in [-0.25, -0.2) is 4.98 Å². The van der Waals surface area contributed by atoms with Crippen LogP contribution in [0.25, 0.3) is 34.4 Å². The van der Waals surface area contributed by atoms with Crippen LogP contribution in [-0.2, 0) is 0 Å². The molecule has 3 N–H and O–H groups in total. The Kier molecular flexibility index (Phi) is 5.63. The van der Waals surface area contributed by atoms with E-state index in [0.29, 0.717) is 41.1 Å². The summed E-state index contributed by atoms with van der Waals surface area (Å²) in [5.41, 5.74) is 4.12. The molecule has 0 aliphatic carbocycles. The molecule has 34 heavy (non-hydrogen) atoms. The minimum Gasteiger partial charge on any atom is -0.508 e. The van der Waals surface area contributed by atoms with Crippen LogP contribution in [0.4, 0.5) is 0 Å². The number of carbonyl (C=O) groups excluding carboxylic acids is 1. The summed E-state index contributed by atoms with van der Waals surface area (Å²) >= 11 is 0. The van der Waals surface area contributed by atoms with E-state index in [2.05, 4.69) is 29.4 Å². The first-order valence-electron chi connectivity index (χ1n) is 11.4. The van der Waals surface area contributed by atoms with Crippen LogP contribution in [0.1, 0.15) is 35.5 Å². The van der Waals surface area contributed by atoms with Gasteiger partial charge >= 0.3 is 0 Å². The average molecular weight is 454 g/mol. The molecule has 7 heteroatoms. The van der Waals surface area contributed by atoms with Gasteiger partial charge in [0.15, 0.2) is 5.65 Å². The molecule has 5 rings (SSSR count). The molecular weight excluding hydrogens is 426 g/mol. The van der Waals surface area contributed by atoms with Crippen molar-refractivity contribution in [2.24, 2.45) is 0 Å². The number of phenolic OH excluding ortho intramolecular Hbond substituents is 1. The van der Waals surface area contributed by atoms with Gasteiger partial charge in [-0.05, 0) is 55.8 Å². The Morgan fingerprint density at radius 1 is 1.09 bits per heavy atom. The molecule has 0 saturated carbocycles. The number of fused-ring (bicyclic) bond motifs is 1. The van der Waals surface area contributed by atoms with E-state index < -0.39 is 0 Å². The number of H-pyrrole nitrogens is 1. The molecule has 7 nitrogen and oxygen atoms in total. The summed E-state index contributed by atoms with van der Waals surface area (Å²) in [6, 6.07) is 18.6. The second kappa shape index (κ2) is 8.76. The van der Waals surface area contributed by atoms with E-state index in [1.807, 2.05) is 53.5 Å². The monoisotopic (exact) mass is 453 g/mol. The lowest BCUT2D eigenvalue weighted by atomic mass is 9.99. The summed E-state index contributed by atoms with van der Waals surface area (Å²) in [6.45, 7) is 6.18. The lowest BCUT2D eigenvalue weighted by Crippen LogP contribution is -2.58. The predicted molar refractivity (Wildman–Crippen MR) is 134 cm³/mol. The Labute approximate surface area is 198 Å². The van der Waals surface area contributed by atoms with E-state index in [1.54, 1.807) is 24.3 Å². The quantitative estimate of drug-likeness (QED) is 0.428. The SMILES string of the molecule is CC1(C)CN(C(=O)c2cc(-c3ccc(O)cc3)nc3[nH]nc(C=Cc4ccccc4)c23)CCN1. The number of aromatic amines is 1. The lowest BCUT2D eigenvalue weighted by molar-refractivity contribution is 0.0654. The first-order valence-corrected chi connectivity index (χ1v) is 11.4. The molecule has 0 atom stereocenters. The fourth-order valence-corrected chi connectivity index (χ4v) is 4.35. The van der Waals surface area contributed by atoms with E-state index in [4.69, 9.17) is 4.98 Å². The summed E-state index contributed by atoms with van der Waals surface area (Å²) in [4.78, 5) is 20.5. The van der Waals surface area contributed by atoms with Crippen LogP contribution < -0.4 is 5.32 Å². The van der Waals surface area contributed by atoms with Gasteiger partial charge in [0.2, 0.25) is 0 Å². The van der Waals surface area contributed by atoms with Crippen molar-refractivity contribution in [3.8, 4) is 17.0 Å². The molecule has 2 aromatic carbocycles. The Morgan fingerprint density at radius 2 is 1.85 bits per heavy atom. The van der Waals surface area contributed by atoms with E-state index in [1.165, 1.54) is 0 Å². The van der Waals surface area contributed by atoms with Gasteiger partial charge < -0.3 is 15.3 Å². The number of nitrogens with zero attached hydrogens (tertiary/aromatic N) is 3. The van der Waals surface area contributed by atoms with E-state index in [-0.39, 0.29) is 17.2 Å². The Morgan fingerprint density at radius 3 is 2.59 bits per heavy atom. The molecule has 0 radical (unpaired) electrons. The highest BCUT2D eigenvalue weighted by atomic mass is 16.3. The molecule has 1 fully saturated rings. The predicted octanol–water partition coefficient (Wildman–Crippen LogP) is 4.32. The number of piperazine rings is 1. The third kappa shape index (κ3) is 4.43. The number of nitrogens with one attached hydrogen (secondary N) is 2. The van der Waals surface area contributed by atoms with Crippen molar-refractivity contribution in [2.45, 2.75) is 19.4 Å². The second-order valence-electron chi connectivity index (χ2n) is 9.22. The Hall–Kier alpha value is -3.97.